The molecule has 0 aromatic rings. The van der Waals surface area contributed by atoms with Gasteiger partial charge in [-0.15, -0.1) is 0 Å². The highest BCUT2D eigenvalue weighted by molar-refractivity contribution is 7.85. The fourth-order valence-electron chi connectivity index (χ4n) is 1.37. The summed E-state index contributed by atoms with van der Waals surface area (Å²) in [6, 6.07) is -0.602. The molecule has 0 spiro atoms. The van der Waals surface area contributed by atoms with Crippen LogP contribution in [0, 0.1) is 0 Å². The topological polar surface area (TPSA) is 72.9 Å². The Morgan fingerprint density at radius 3 is 2.64 bits per heavy atom. The lowest BCUT2D eigenvalue weighted by Gasteiger charge is -2.19. The second-order valence-electron chi connectivity index (χ2n) is 3.10. The molecule has 0 aromatic heterocycles. The average molecular weight is 223 g/mol. The number of rotatable bonds is 3. The lowest BCUT2D eigenvalue weighted by Crippen LogP contribution is -2.38. The summed E-state index contributed by atoms with van der Waals surface area (Å²) in [6.07, 6.45) is 2.22. The molecular formula is C7H13NO5S. The van der Waals surface area contributed by atoms with Crippen molar-refractivity contribution in [3.63, 3.8) is 0 Å². The Balaban J connectivity index is 2.65. The molecule has 0 bridgehead atoms. The predicted molar refractivity (Wildman–Crippen MR) is 47.7 cm³/mol. The van der Waals surface area contributed by atoms with E-state index in [-0.39, 0.29) is 0 Å². The first-order valence-corrected chi connectivity index (χ1v) is 6.00. The molecule has 0 aromatic carbocycles. The van der Waals surface area contributed by atoms with Crippen LogP contribution in [0.5, 0.6) is 0 Å². The summed E-state index contributed by atoms with van der Waals surface area (Å²) in [4.78, 5) is 11.2. The summed E-state index contributed by atoms with van der Waals surface area (Å²) in [5, 5.41) is 1.15. The van der Waals surface area contributed by atoms with Crippen molar-refractivity contribution in [1.82, 2.24) is 5.06 Å². The largest absolute Gasteiger partial charge is 0.468 e. The van der Waals surface area contributed by atoms with Crippen molar-refractivity contribution >= 4 is 16.1 Å². The van der Waals surface area contributed by atoms with Gasteiger partial charge in [0.05, 0.1) is 13.4 Å². The normalized spacial score (nSPS) is 23.7. The van der Waals surface area contributed by atoms with Crippen molar-refractivity contribution in [2.45, 2.75) is 18.9 Å². The van der Waals surface area contributed by atoms with Crippen LogP contribution in [-0.4, -0.2) is 45.4 Å². The van der Waals surface area contributed by atoms with Crippen LogP contribution < -0.4 is 0 Å². The fraction of sp³-hybridized carbons (Fsp3) is 0.857. The van der Waals surface area contributed by atoms with Gasteiger partial charge in [-0.2, -0.15) is 17.8 Å². The van der Waals surface area contributed by atoms with Crippen LogP contribution in [0.4, 0.5) is 0 Å². The van der Waals surface area contributed by atoms with Crippen LogP contribution in [-0.2, 0) is 23.9 Å². The van der Waals surface area contributed by atoms with Crippen LogP contribution >= 0.6 is 0 Å². The smallest absolute Gasteiger partial charge is 0.325 e. The van der Waals surface area contributed by atoms with E-state index in [1.54, 1.807) is 0 Å². The zero-order valence-corrected chi connectivity index (χ0v) is 8.91. The van der Waals surface area contributed by atoms with Gasteiger partial charge in [-0.25, -0.2) is 0 Å². The lowest BCUT2D eigenvalue weighted by atomic mass is 10.2. The van der Waals surface area contributed by atoms with Gasteiger partial charge >= 0.3 is 5.97 Å². The van der Waals surface area contributed by atoms with E-state index in [1.807, 2.05) is 0 Å². The number of ether oxygens (including phenoxy) is 1. The second kappa shape index (κ2) is 4.24. The molecule has 14 heavy (non-hydrogen) atoms. The molecule has 0 saturated carbocycles. The number of hydrogen-bond donors (Lipinski definition) is 0. The van der Waals surface area contributed by atoms with Crippen molar-refractivity contribution < 1.29 is 22.2 Å². The maximum atomic E-state index is 11.2. The molecule has 6 nitrogen and oxygen atoms in total. The van der Waals surface area contributed by atoms with Gasteiger partial charge in [0.25, 0.3) is 10.1 Å². The van der Waals surface area contributed by atoms with E-state index < -0.39 is 22.1 Å². The highest BCUT2D eigenvalue weighted by Gasteiger charge is 2.34. The standard InChI is InChI=1S/C7H13NO5S/c1-12-7(9)6-4-3-5-8(6)13-14(2,10)11/h6H,3-5H2,1-2H3/t6-/m0/s1. The zero-order valence-electron chi connectivity index (χ0n) is 8.10. The summed E-state index contributed by atoms with van der Waals surface area (Å²) in [6.45, 7) is 0.423. The summed E-state index contributed by atoms with van der Waals surface area (Å²) in [5.41, 5.74) is 0. The fourth-order valence-corrected chi connectivity index (χ4v) is 1.90. The van der Waals surface area contributed by atoms with E-state index >= 15 is 0 Å². The van der Waals surface area contributed by atoms with Crippen LogP contribution in [0.25, 0.3) is 0 Å². The molecule has 0 unspecified atom stereocenters. The van der Waals surface area contributed by atoms with Crippen molar-refractivity contribution in [3.8, 4) is 0 Å². The Kier molecular flexibility index (Phi) is 3.46. The summed E-state index contributed by atoms with van der Waals surface area (Å²) in [7, 11) is -2.30. The van der Waals surface area contributed by atoms with E-state index in [1.165, 1.54) is 7.11 Å². The number of carbonyl (C=O) groups excluding carboxylic acids is 1. The lowest BCUT2D eigenvalue weighted by molar-refractivity contribution is -0.157. The van der Waals surface area contributed by atoms with Crippen LogP contribution in [0.15, 0.2) is 0 Å². The third-order valence-corrected chi connectivity index (χ3v) is 2.37. The minimum absolute atomic E-state index is 0.423. The maximum Gasteiger partial charge on any atom is 0.325 e. The first-order chi connectivity index (χ1) is 6.44. The number of hydrogen-bond acceptors (Lipinski definition) is 6. The SMILES string of the molecule is COC(=O)[C@@H]1CCCN1OS(C)(=O)=O. The molecule has 0 radical (unpaired) electrons. The molecule has 0 aliphatic carbocycles. The first kappa shape index (κ1) is 11.4. The molecule has 82 valence electrons. The van der Waals surface area contributed by atoms with Crippen molar-refractivity contribution in [1.29, 1.82) is 0 Å². The van der Waals surface area contributed by atoms with E-state index in [2.05, 4.69) is 9.02 Å². The molecule has 1 rings (SSSR count). The van der Waals surface area contributed by atoms with Crippen molar-refractivity contribution in [2.24, 2.45) is 0 Å². The number of esters is 1. The molecule has 1 fully saturated rings. The van der Waals surface area contributed by atoms with E-state index in [4.69, 9.17) is 0 Å². The highest BCUT2D eigenvalue weighted by Crippen LogP contribution is 2.19. The molecule has 1 saturated heterocycles. The minimum atomic E-state index is -3.56. The zero-order chi connectivity index (χ0) is 10.8. The monoisotopic (exact) mass is 223 g/mol. The van der Waals surface area contributed by atoms with Gasteiger partial charge in [-0.05, 0) is 12.8 Å². The molecule has 1 aliphatic rings. The van der Waals surface area contributed by atoms with Gasteiger partial charge in [0.1, 0.15) is 6.04 Å². The van der Waals surface area contributed by atoms with Gasteiger partial charge in [0.2, 0.25) is 0 Å². The number of carbonyl (C=O) groups is 1. The molecule has 1 aliphatic heterocycles. The van der Waals surface area contributed by atoms with E-state index in [9.17, 15) is 13.2 Å². The molecule has 0 amide bonds. The summed E-state index contributed by atoms with van der Waals surface area (Å²) >= 11 is 0. The molecule has 1 heterocycles. The summed E-state index contributed by atoms with van der Waals surface area (Å²) < 4.78 is 30.8. The van der Waals surface area contributed by atoms with Crippen LogP contribution in [0.3, 0.4) is 0 Å². The van der Waals surface area contributed by atoms with E-state index in [0.29, 0.717) is 13.0 Å². The molecule has 1 atom stereocenters. The first-order valence-electron chi connectivity index (χ1n) is 4.18. The maximum absolute atomic E-state index is 11.2. The molecular weight excluding hydrogens is 210 g/mol. The summed E-state index contributed by atoms with van der Waals surface area (Å²) in [5.74, 6) is -0.467. The predicted octanol–water partition coefficient (Wildman–Crippen LogP) is -0.485. The average Bonchev–Trinajstić information content (AvgIpc) is 2.48. The quantitative estimate of drug-likeness (QED) is 0.601. The second-order valence-corrected chi connectivity index (χ2v) is 4.66. The van der Waals surface area contributed by atoms with E-state index in [0.717, 1.165) is 17.7 Å². The Morgan fingerprint density at radius 1 is 1.50 bits per heavy atom. The Bertz CT molecular complexity index is 312. The van der Waals surface area contributed by atoms with Gasteiger partial charge in [0.15, 0.2) is 0 Å². The minimum Gasteiger partial charge on any atom is -0.468 e. The van der Waals surface area contributed by atoms with Gasteiger partial charge < -0.3 is 4.74 Å². The number of hydroxylamine groups is 2. The van der Waals surface area contributed by atoms with Crippen molar-refractivity contribution in [3.05, 3.63) is 0 Å². The molecule has 0 N–H and O–H groups in total. The third kappa shape index (κ3) is 2.93. The van der Waals surface area contributed by atoms with Crippen LogP contribution in [0.1, 0.15) is 12.8 Å². The van der Waals surface area contributed by atoms with Gasteiger partial charge in [0, 0.05) is 6.54 Å². The third-order valence-electron chi connectivity index (χ3n) is 1.91. The van der Waals surface area contributed by atoms with Gasteiger partial charge in [-0.1, -0.05) is 0 Å². The Hall–Kier alpha value is -0.660. The van der Waals surface area contributed by atoms with Crippen molar-refractivity contribution in [2.75, 3.05) is 19.9 Å². The highest BCUT2D eigenvalue weighted by atomic mass is 32.2. The van der Waals surface area contributed by atoms with Gasteiger partial charge in [-0.3, -0.25) is 4.79 Å². The Morgan fingerprint density at radius 2 is 2.14 bits per heavy atom. The molecule has 7 heteroatoms. The van der Waals surface area contributed by atoms with Crippen LogP contribution in [0.2, 0.25) is 0 Å². The number of methoxy groups -OCH3 is 1. The number of nitrogens with zero attached hydrogens (tertiary/aromatic N) is 1. The Labute approximate surface area is 82.9 Å².